The van der Waals surface area contributed by atoms with Crippen LogP contribution in [0.5, 0.6) is 0 Å². The Bertz CT molecular complexity index is 370. The summed E-state index contributed by atoms with van der Waals surface area (Å²) in [7, 11) is 0. The van der Waals surface area contributed by atoms with Crippen molar-refractivity contribution in [2.24, 2.45) is 5.92 Å². The number of rotatable bonds is 5. The molecule has 0 bridgehead atoms. The van der Waals surface area contributed by atoms with Crippen LogP contribution in [0.25, 0.3) is 0 Å². The average molecular weight is 242 g/mol. The Morgan fingerprint density at radius 3 is 2.62 bits per heavy atom. The first kappa shape index (κ1) is 11.4. The van der Waals surface area contributed by atoms with Crippen LogP contribution in [0.2, 0.25) is 5.28 Å². The Balaban J connectivity index is 2.03. The van der Waals surface area contributed by atoms with Crippen LogP contribution in [0.4, 0.5) is 11.9 Å². The Kier molecular flexibility index (Phi) is 3.43. The van der Waals surface area contributed by atoms with E-state index in [1.165, 1.54) is 12.8 Å². The molecule has 1 saturated carbocycles. The summed E-state index contributed by atoms with van der Waals surface area (Å²) in [5.41, 5.74) is 0. The predicted octanol–water partition coefficient (Wildman–Crippen LogP) is 2.17. The van der Waals surface area contributed by atoms with Gasteiger partial charge in [0.15, 0.2) is 0 Å². The molecule has 2 N–H and O–H groups in total. The van der Waals surface area contributed by atoms with Gasteiger partial charge in [0, 0.05) is 12.6 Å². The van der Waals surface area contributed by atoms with Gasteiger partial charge in [0.1, 0.15) is 0 Å². The van der Waals surface area contributed by atoms with Gasteiger partial charge < -0.3 is 10.6 Å². The molecule has 88 valence electrons. The minimum absolute atomic E-state index is 0.224. The first-order valence-electron chi connectivity index (χ1n) is 5.65. The van der Waals surface area contributed by atoms with E-state index < -0.39 is 0 Å². The van der Waals surface area contributed by atoms with E-state index in [1.807, 2.05) is 6.92 Å². The van der Waals surface area contributed by atoms with Crippen molar-refractivity contribution in [3.05, 3.63) is 5.28 Å². The molecular formula is C10H16ClN5. The molecule has 2 atom stereocenters. The quantitative estimate of drug-likeness (QED) is 0.827. The van der Waals surface area contributed by atoms with E-state index in [1.54, 1.807) is 0 Å². The SMILES string of the molecule is CCNc1nc(Cl)nc(NC2CC2CC)n1. The van der Waals surface area contributed by atoms with E-state index in [9.17, 15) is 0 Å². The minimum Gasteiger partial charge on any atom is -0.354 e. The zero-order valence-corrected chi connectivity index (χ0v) is 10.3. The summed E-state index contributed by atoms with van der Waals surface area (Å²) in [6.45, 7) is 4.94. The lowest BCUT2D eigenvalue weighted by atomic mass is 10.3. The van der Waals surface area contributed by atoms with Crippen molar-refractivity contribution in [3.8, 4) is 0 Å². The molecule has 1 heterocycles. The van der Waals surface area contributed by atoms with Crippen molar-refractivity contribution >= 4 is 23.5 Å². The molecule has 0 aromatic carbocycles. The maximum Gasteiger partial charge on any atom is 0.229 e. The second kappa shape index (κ2) is 4.82. The summed E-state index contributed by atoms with van der Waals surface area (Å²) in [4.78, 5) is 12.3. The van der Waals surface area contributed by atoms with Gasteiger partial charge in [-0.3, -0.25) is 0 Å². The van der Waals surface area contributed by atoms with E-state index in [2.05, 4.69) is 32.5 Å². The highest BCUT2D eigenvalue weighted by Gasteiger charge is 2.35. The van der Waals surface area contributed by atoms with Crippen LogP contribution < -0.4 is 10.6 Å². The highest BCUT2D eigenvalue weighted by molar-refractivity contribution is 6.28. The monoisotopic (exact) mass is 241 g/mol. The molecule has 1 aromatic rings. The van der Waals surface area contributed by atoms with E-state index in [0.29, 0.717) is 17.9 Å². The van der Waals surface area contributed by atoms with Gasteiger partial charge in [-0.2, -0.15) is 15.0 Å². The third-order valence-corrected chi connectivity index (χ3v) is 2.87. The van der Waals surface area contributed by atoms with Gasteiger partial charge in [0.25, 0.3) is 0 Å². The number of anilines is 2. The standard InChI is InChI=1S/C10H16ClN5/c1-3-6-5-7(6)13-10-15-8(11)14-9(16-10)12-4-2/h6-7H,3-5H2,1-2H3,(H2,12,13,14,15,16). The summed E-state index contributed by atoms with van der Waals surface area (Å²) < 4.78 is 0. The van der Waals surface area contributed by atoms with E-state index in [-0.39, 0.29) is 5.28 Å². The summed E-state index contributed by atoms with van der Waals surface area (Å²) in [5.74, 6) is 1.84. The average Bonchev–Trinajstić information content (AvgIpc) is 2.96. The number of hydrogen-bond acceptors (Lipinski definition) is 5. The van der Waals surface area contributed by atoms with Crippen LogP contribution in [0.1, 0.15) is 26.7 Å². The Labute approximate surface area is 100 Å². The van der Waals surface area contributed by atoms with E-state index in [0.717, 1.165) is 12.5 Å². The molecule has 16 heavy (non-hydrogen) atoms. The minimum atomic E-state index is 0.224. The van der Waals surface area contributed by atoms with Gasteiger partial charge in [-0.25, -0.2) is 0 Å². The highest BCUT2D eigenvalue weighted by atomic mass is 35.5. The largest absolute Gasteiger partial charge is 0.354 e. The lowest BCUT2D eigenvalue weighted by Crippen LogP contribution is -2.11. The first-order valence-corrected chi connectivity index (χ1v) is 6.02. The van der Waals surface area contributed by atoms with Crippen LogP contribution in [0, 0.1) is 5.92 Å². The van der Waals surface area contributed by atoms with E-state index >= 15 is 0 Å². The molecule has 1 aliphatic carbocycles. The number of aromatic nitrogens is 3. The third-order valence-electron chi connectivity index (χ3n) is 2.70. The maximum atomic E-state index is 5.82. The molecule has 1 fully saturated rings. The molecule has 0 aliphatic heterocycles. The van der Waals surface area contributed by atoms with Crippen molar-refractivity contribution in [2.75, 3.05) is 17.2 Å². The van der Waals surface area contributed by atoms with Crippen molar-refractivity contribution in [2.45, 2.75) is 32.7 Å². The molecule has 2 unspecified atom stereocenters. The van der Waals surface area contributed by atoms with Crippen molar-refractivity contribution in [1.82, 2.24) is 15.0 Å². The van der Waals surface area contributed by atoms with Crippen molar-refractivity contribution < 1.29 is 0 Å². The molecular weight excluding hydrogens is 226 g/mol. The van der Waals surface area contributed by atoms with Gasteiger partial charge in [0.2, 0.25) is 17.2 Å². The highest BCUT2D eigenvalue weighted by Crippen LogP contribution is 2.35. The fraction of sp³-hybridized carbons (Fsp3) is 0.700. The Hall–Kier alpha value is -1.10. The number of nitrogens with zero attached hydrogens (tertiary/aromatic N) is 3. The first-order chi connectivity index (χ1) is 7.72. The normalized spacial score (nSPS) is 22.9. The molecule has 0 saturated heterocycles. The Morgan fingerprint density at radius 2 is 2.00 bits per heavy atom. The fourth-order valence-electron chi connectivity index (χ4n) is 1.69. The van der Waals surface area contributed by atoms with Crippen LogP contribution >= 0.6 is 11.6 Å². The molecule has 2 rings (SSSR count). The Morgan fingerprint density at radius 1 is 1.25 bits per heavy atom. The van der Waals surface area contributed by atoms with Crippen LogP contribution in [-0.4, -0.2) is 27.5 Å². The van der Waals surface area contributed by atoms with Gasteiger partial charge in [-0.1, -0.05) is 13.3 Å². The van der Waals surface area contributed by atoms with Crippen LogP contribution in [0.15, 0.2) is 0 Å². The molecule has 1 aromatic heterocycles. The van der Waals surface area contributed by atoms with Crippen LogP contribution in [-0.2, 0) is 0 Å². The zero-order chi connectivity index (χ0) is 11.5. The summed E-state index contributed by atoms with van der Waals surface area (Å²) >= 11 is 5.82. The molecule has 5 nitrogen and oxygen atoms in total. The van der Waals surface area contributed by atoms with Gasteiger partial charge in [-0.15, -0.1) is 0 Å². The summed E-state index contributed by atoms with van der Waals surface area (Å²) in [5, 5.41) is 6.51. The van der Waals surface area contributed by atoms with E-state index in [4.69, 9.17) is 11.6 Å². The van der Waals surface area contributed by atoms with Gasteiger partial charge >= 0.3 is 0 Å². The lowest BCUT2D eigenvalue weighted by molar-refractivity contribution is 0.770. The molecule has 0 amide bonds. The number of hydrogen-bond donors (Lipinski definition) is 2. The fourth-order valence-corrected chi connectivity index (χ4v) is 1.85. The number of nitrogens with one attached hydrogen (secondary N) is 2. The molecule has 0 spiro atoms. The predicted molar refractivity (Wildman–Crippen MR) is 64.8 cm³/mol. The molecule has 6 heteroatoms. The topological polar surface area (TPSA) is 62.7 Å². The number of halogens is 1. The van der Waals surface area contributed by atoms with Gasteiger partial charge in [-0.05, 0) is 30.9 Å². The summed E-state index contributed by atoms with van der Waals surface area (Å²) in [6.07, 6.45) is 2.38. The van der Waals surface area contributed by atoms with Crippen LogP contribution in [0.3, 0.4) is 0 Å². The van der Waals surface area contributed by atoms with Gasteiger partial charge in [0.05, 0.1) is 0 Å². The second-order valence-electron chi connectivity index (χ2n) is 3.94. The third kappa shape index (κ3) is 2.72. The zero-order valence-electron chi connectivity index (χ0n) is 9.50. The maximum absolute atomic E-state index is 5.82. The lowest BCUT2D eigenvalue weighted by Gasteiger charge is -2.06. The molecule has 0 radical (unpaired) electrons. The van der Waals surface area contributed by atoms with Crippen molar-refractivity contribution in [1.29, 1.82) is 0 Å². The second-order valence-corrected chi connectivity index (χ2v) is 4.27. The summed E-state index contributed by atoms with van der Waals surface area (Å²) in [6, 6.07) is 0.498. The smallest absolute Gasteiger partial charge is 0.229 e. The van der Waals surface area contributed by atoms with Crippen molar-refractivity contribution in [3.63, 3.8) is 0 Å². The molecule has 1 aliphatic rings.